The zero-order valence-electron chi connectivity index (χ0n) is 17.9. The second kappa shape index (κ2) is 9.31. The third-order valence-electron chi connectivity index (χ3n) is 4.45. The highest BCUT2D eigenvalue weighted by Gasteiger charge is 2.32. The van der Waals surface area contributed by atoms with Gasteiger partial charge in [-0.25, -0.2) is 21.1 Å². The molecular formula is C19H24N2O6S4. The average molecular weight is 505 g/mol. The van der Waals surface area contributed by atoms with E-state index in [4.69, 9.17) is 0 Å². The number of hydrogen-bond donors (Lipinski definition) is 0. The van der Waals surface area contributed by atoms with E-state index in [1.165, 1.54) is 53.9 Å². The SMILES string of the molecule is CSc1sc(C(=O)N(c2ccc(N(C)C(C)=O)cc2)S(C)(=O)=O)cc1S(=O)(=O)C(C)C. The molecule has 0 saturated carbocycles. The maximum absolute atomic E-state index is 13.2. The topological polar surface area (TPSA) is 109 Å². The molecule has 1 aromatic heterocycles. The monoisotopic (exact) mass is 504 g/mol. The van der Waals surface area contributed by atoms with Gasteiger partial charge < -0.3 is 4.90 Å². The molecule has 0 saturated heterocycles. The van der Waals surface area contributed by atoms with Crippen LogP contribution < -0.4 is 9.21 Å². The standard InChI is InChI=1S/C19H24N2O6S4/c1-12(2)31(26,27)17-11-16(29-19(17)28-5)18(23)21(30(6,24)25)15-9-7-14(8-10-15)20(4)13(3)22/h7-12H,1-6H3. The van der Waals surface area contributed by atoms with Crippen LogP contribution in [0, 0.1) is 0 Å². The Kier molecular flexibility index (Phi) is 7.62. The van der Waals surface area contributed by atoms with Crippen LogP contribution in [0.1, 0.15) is 30.4 Å². The van der Waals surface area contributed by atoms with Crippen LogP contribution in [-0.4, -0.2) is 53.5 Å². The molecule has 0 spiro atoms. The normalized spacial score (nSPS) is 12.1. The number of carbonyl (C=O) groups excluding carboxylic acids is 2. The number of carbonyl (C=O) groups is 2. The molecule has 1 heterocycles. The first-order chi connectivity index (χ1) is 14.2. The fraction of sp³-hybridized carbons (Fsp3) is 0.368. The maximum atomic E-state index is 13.2. The Morgan fingerprint density at radius 3 is 1.97 bits per heavy atom. The Morgan fingerprint density at radius 1 is 1.03 bits per heavy atom. The van der Waals surface area contributed by atoms with Crippen molar-refractivity contribution in [3.63, 3.8) is 0 Å². The van der Waals surface area contributed by atoms with Gasteiger partial charge in [-0.2, -0.15) is 0 Å². The summed E-state index contributed by atoms with van der Waals surface area (Å²) in [5.74, 6) is -1.05. The maximum Gasteiger partial charge on any atom is 0.282 e. The molecule has 0 N–H and O–H groups in total. The first-order valence-electron chi connectivity index (χ1n) is 9.02. The van der Waals surface area contributed by atoms with Gasteiger partial charge in [0.1, 0.15) is 0 Å². The van der Waals surface area contributed by atoms with Crippen molar-refractivity contribution >= 4 is 66.1 Å². The number of rotatable bonds is 7. The number of thioether (sulfide) groups is 1. The lowest BCUT2D eigenvalue weighted by atomic mass is 10.2. The van der Waals surface area contributed by atoms with Crippen molar-refractivity contribution in [1.29, 1.82) is 0 Å². The van der Waals surface area contributed by atoms with Crippen LogP contribution in [0.25, 0.3) is 0 Å². The third kappa shape index (κ3) is 5.30. The molecule has 8 nitrogen and oxygen atoms in total. The van der Waals surface area contributed by atoms with E-state index in [9.17, 15) is 26.4 Å². The highest BCUT2D eigenvalue weighted by Crippen LogP contribution is 2.37. The molecule has 2 rings (SSSR count). The molecule has 0 aliphatic rings. The summed E-state index contributed by atoms with van der Waals surface area (Å²) in [6.45, 7) is 4.48. The van der Waals surface area contributed by atoms with Gasteiger partial charge in [-0.1, -0.05) is 0 Å². The quantitative estimate of drug-likeness (QED) is 0.533. The highest BCUT2D eigenvalue weighted by atomic mass is 32.2. The van der Waals surface area contributed by atoms with E-state index < -0.39 is 31.0 Å². The smallest absolute Gasteiger partial charge is 0.282 e. The average Bonchev–Trinajstić information content (AvgIpc) is 3.12. The fourth-order valence-corrected chi connectivity index (χ4v) is 7.32. The van der Waals surface area contributed by atoms with Crippen molar-refractivity contribution in [2.24, 2.45) is 0 Å². The van der Waals surface area contributed by atoms with Crippen LogP contribution in [0.4, 0.5) is 11.4 Å². The van der Waals surface area contributed by atoms with E-state index >= 15 is 0 Å². The summed E-state index contributed by atoms with van der Waals surface area (Å²) in [5, 5.41) is -0.687. The van der Waals surface area contributed by atoms with Gasteiger partial charge in [-0.15, -0.1) is 23.1 Å². The lowest BCUT2D eigenvalue weighted by Crippen LogP contribution is -2.35. The Balaban J connectivity index is 2.56. The zero-order chi connectivity index (χ0) is 23.7. The Hall–Kier alpha value is -1.89. The van der Waals surface area contributed by atoms with Crippen LogP contribution in [0.5, 0.6) is 0 Å². The van der Waals surface area contributed by atoms with Crippen LogP contribution in [0.15, 0.2) is 39.4 Å². The molecule has 0 unspecified atom stereocenters. The first-order valence-corrected chi connectivity index (χ1v) is 14.5. The zero-order valence-corrected chi connectivity index (χ0v) is 21.2. The number of hydrogen-bond acceptors (Lipinski definition) is 8. The van der Waals surface area contributed by atoms with Crippen molar-refractivity contribution < 1.29 is 26.4 Å². The van der Waals surface area contributed by atoms with Gasteiger partial charge >= 0.3 is 0 Å². The number of anilines is 2. The minimum absolute atomic E-state index is 0.000990. The Morgan fingerprint density at radius 2 is 1.55 bits per heavy atom. The molecule has 31 heavy (non-hydrogen) atoms. The van der Waals surface area contributed by atoms with Gasteiger partial charge in [0.25, 0.3) is 5.91 Å². The molecule has 12 heteroatoms. The van der Waals surface area contributed by atoms with Gasteiger partial charge in [0, 0.05) is 19.7 Å². The van der Waals surface area contributed by atoms with Gasteiger partial charge in [0.05, 0.1) is 31.2 Å². The molecular weight excluding hydrogens is 480 g/mol. The van der Waals surface area contributed by atoms with Gasteiger partial charge in [0.15, 0.2) is 9.84 Å². The van der Waals surface area contributed by atoms with Gasteiger partial charge in [-0.3, -0.25) is 9.59 Å². The molecule has 170 valence electrons. The summed E-state index contributed by atoms with van der Waals surface area (Å²) in [5.41, 5.74) is 0.615. The second-order valence-electron chi connectivity index (χ2n) is 6.99. The number of amides is 2. The molecule has 0 bridgehead atoms. The summed E-state index contributed by atoms with van der Waals surface area (Å²) in [7, 11) is -6.10. The summed E-state index contributed by atoms with van der Waals surface area (Å²) in [6, 6.07) is 7.13. The Labute approximate surface area is 191 Å². The minimum Gasteiger partial charge on any atom is -0.316 e. The highest BCUT2D eigenvalue weighted by molar-refractivity contribution is 8.01. The van der Waals surface area contributed by atoms with E-state index in [0.29, 0.717) is 14.2 Å². The van der Waals surface area contributed by atoms with E-state index in [1.54, 1.807) is 27.2 Å². The summed E-state index contributed by atoms with van der Waals surface area (Å²) < 4.78 is 51.3. The molecule has 0 aliphatic heterocycles. The van der Waals surface area contributed by atoms with Gasteiger partial charge in [-0.05, 0) is 50.4 Å². The summed E-state index contributed by atoms with van der Waals surface area (Å²) in [6.07, 6.45) is 2.59. The number of thiophene rings is 1. The van der Waals surface area contributed by atoms with E-state index in [2.05, 4.69) is 0 Å². The predicted molar refractivity (Wildman–Crippen MR) is 126 cm³/mol. The molecule has 2 aromatic rings. The first kappa shape index (κ1) is 25.4. The molecule has 1 aromatic carbocycles. The lowest BCUT2D eigenvalue weighted by Gasteiger charge is -2.21. The van der Waals surface area contributed by atoms with Crippen LogP contribution in [-0.2, 0) is 24.7 Å². The third-order valence-corrected chi connectivity index (χ3v) is 10.2. The molecule has 2 amide bonds. The van der Waals surface area contributed by atoms with Crippen molar-refractivity contribution in [3.05, 3.63) is 35.2 Å². The van der Waals surface area contributed by atoms with E-state index in [0.717, 1.165) is 17.6 Å². The molecule has 0 aliphatic carbocycles. The molecule has 0 atom stereocenters. The number of benzene rings is 1. The van der Waals surface area contributed by atoms with Crippen molar-refractivity contribution in [3.8, 4) is 0 Å². The number of nitrogens with zero attached hydrogens (tertiary/aromatic N) is 2. The van der Waals surface area contributed by atoms with E-state index in [-0.39, 0.29) is 21.4 Å². The van der Waals surface area contributed by atoms with Crippen molar-refractivity contribution in [2.75, 3.05) is 28.8 Å². The van der Waals surface area contributed by atoms with Crippen molar-refractivity contribution in [2.45, 2.75) is 35.1 Å². The van der Waals surface area contributed by atoms with Crippen LogP contribution >= 0.6 is 23.1 Å². The summed E-state index contributed by atoms with van der Waals surface area (Å²) in [4.78, 5) is 26.1. The van der Waals surface area contributed by atoms with E-state index in [1.807, 2.05) is 0 Å². The number of sulfonamides is 1. The number of sulfone groups is 1. The van der Waals surface area contributed by atoms with Crippen molar-refractivity contribution in [1.82, 2.24) is 0 Å². The van der Waals surface area contributed by atoms with Gasteiger partial charge in [0.2, 0.25) is 15.9 Å². The molecule has 0 radical (unpaired) electrons. The molecule has 0 fully saturated rings. The Bertz CT molecular complexity index is 1200. The minimum atomic E-state index is -4.02. The fourth-order valence-electron chi connectivity index (χ4n) is 2.61. The van der Waals surface area contributed by atoms with Crippen LogP contribution in [0.2, 0.25) is 0 Å². The largest absolute Gasteiger partial charge is 0.316 e. The predicted octanol–water partition coefficient (Wildman–Crippen LogP) is 3.24. The second-order valence-corrected chi connectivity index (χ2v) is 13.4. The lowest BCUT2D eigenvalue weighted by molar-refractivity contribution is -0.116. The van der Waals surface area contributed by atoms with Crippen LogP contribution in [0.3, 0.4) is 0 Å². The summed E-state index contributed by atoms with van der Waals surface area (Å²) >= 11 is 2.12.